The van der Waals surface area contributed by atoms with E-state index in [2.05, 4.69) is 4.98 Å². The molecule has 1 atom stereocenters. The number of nitrogens with two attached hydrogens (primary N) is 1. The number of primary amides is 1. The predicted molar refractivity (Wildman–Crippen MR) is 78.4 cm³/mol. The molecule has 1 unspecified atom stereocenters. The zero-order valence-corrected chi connectivity index (χ0v) is 12.7. The lowest BCUT2D eigenvalue weighted by molar-refractivity contribution is -0.133. The number of amides is 2. The summed E-state index contributed by atoms with van der Waals surface area (Å²) < 4.78 is 1.86. The van der Waals surface area contributed by atoms with Gasteiger partial charge in [-0.2, -0.15) is 0 Å². The Labute approximate surface area is 124 Å². The number of hydrogen-bond acceptors (Lipinski definition) is 4. The average molecular weight is 293 g/mol. The van der Waals surface area contributed by atoms with Gasteiger partial charge in [0.15, 0.2) is 0 Å². The molecular weight excluding hydrogens is 270 g/mol. The maximum Gasteiger partial charge on any atom is 0.242 e. The van der Waals surface area contributed by atoms with Crippen LogP contribution in [0.1, 0.15) is 12.7 Å². The van der Waals surface area contributed by atoms with Gasteiger partial charge in [0, 0.05) is 45.0 Å². The number of nitrogens with zero attached hydrogens (tertiary/aromatic N) is 4. The summed E-state index contributed by atoms with van der Waals surface area (Å²) in [5.41, 5.74) is 5.42. The highest BCUT2D eigenvalue weighted by Gasteiger charge is 2.27. The maximum atomic E-state index is 12.5. The van der Waals surface area contributed by atoms with Crippen LogP contribution in [0, 0.1) is 5.92 Å². The van der Waals surface area contributed by atoms with Gasteiger partial charge in [-0.05, 0) is 7.05 Å². The largest absolute Gasteiger partial charge is 0.369 e. The van der Waals surface area contributed by atoms with E-state index >= 15 is 0 Å². The van der Waals surface area contributed by atoms with Crippen molar-refractivity contribution in [1.82, 2.24) is 19.4 Å². The van der Waals surface area contributed by atoms with E-state index in [1.54, 1.807) is 11.1 Å². The van der Waals surface area contributed by atoms with E-state index in [1.165, 1.54) is 0 Å². The van der Waals surface area contributed by atoms with Crippen LogP contribution < -0.4 is 5.73 Å². The fraction of sp³-hybridized carbons (Fsp3) is 0.643. The second-order valence-corrected chi connectivity index (χ2v) is 5.53. The van der Waals surface area contributed by atoms with E-state index in [4.69, 9.17) is 5.73 Å². The number of carbonyl (C=O) groups excluding carboxylic acids is 2. The van der Waals surface area contributed by atoms with Gasteiger partial charge < -0.3 is 20.1 Å². The molecule has 2 amide bonds. The van der Waals surface area contributed by atoms with E-state index in [-0.39, 0.29) is 24.3 Å². The molecule has 1 fully saturated rings. The Morgan fingerprint density at radius 3 is 2.81 bits per heavy atom. The Morgan fingerprint density at radius 2 is 2.14 bits per heavy atom. The molecule has 0 aliphatic carbocycles. The topological polar surface area (TPSA) is 84.5 Å². The summed E-state index contributed by atoms with van der Waals surface area (Å²) in [4.78, 5) is 31.9. The van der Waals surface area contributed by atoms with Crippen LogP contribution in [-0.4, -0.2) is 64.4 Å². The molecule has 1 aromatic rings. The third-order valence-corrected chi connectivity index (χ3v) is 3.90. The Morgan fingerprint density at radius 1 is 1.38 bits per heavy atom. The first-order valence-corrected chi connectivity index (χ1v) is 7.27. The van der Waals surface area contributed by atoms with Gasteiger partial charge in [0.2, 0.25) is 11.8 Å². The van der Waals surface area contributed by atoms with Crippen LogP contribution in [0.3, 0.4) is 0 Å². The molecule has 1 aliphatic heterocycles. The van der Waals surface area contributed by atoms with Gasteiger partial charge in [0.05, 0.1) is 5.92 Å². The second-order valence-electron chi connectivity index (χ2n) is 5.53. The Kier molecular flexibility index (Phi) is 4.95. The molecule has 1 aromatic heterocycles. The molecule has 2 N–H and O–H groups in total. The molecule has 0 aromatic carbocycles. The molecule has 7 nitrogen and oxygen atoms in total. The van der Waals surface area contributed by atoms with Crippen LogP contribution in [0.2, 0.25) is 0 Å². The number of rotatable bonds is 4. The van der Waals surface area contributed by atoms with Crippen molar-refractivity contribution in [2.75, 3.05) is 33.2 Å². The molecule has 21 heavy (non-hydrogen) atoms. The van der Waals surface area contributed by atoms with Crippen LogP contribution in [0.15, 0.2) is 12.4 Å². The number of likely N-dealkylation sites (N-methyl/N-ethyl adjacent to an activating group) is 1. The molecule has 0 spiro atoms. The normalized spacial score (nSPS) is 20.3. The second kappa shape index (κ2) is 6.71. The first-order chi connectivity index (χ1) is 10.0. The van der Waals surface area contributed by atoms with E-state index in [0.29, 0.717) is 19.6 Å². The molecule has 7 heteroatoms. The molecule has 2 heterocycles. The van der Waals surface area contributed by atoms with Crippen molar-refractivity contribution in [2.24, 2.45) is 11.7 Å². The number of carbonyl (C=O) groups is 2. The fourth-order valence-corrected chi connectivity index (χ4v) is 2.62. The van der Waals surface area contributed by atoms with Crippen molar-refractivity contribution in [2.45, 2.75) is 19.9 Å². The average Bonchev–Trinajstić information content (AvgIpc) is 2.78. The quantitative estimate of drug-likeness (QED) is 0.797. The highest BCUT2D eigenvalue weighted by molar-refractivity contribution is 5.80. The van der Waals surface area contributed by atoms with E-state index < -0.39 is 0 Å². The van der Waals surface area contributed by atoms with Crippen LogP contribution in [0.25, 0.3) is 0 Å². The smallest absolute Gasteiger partial charge is 0.242 e. The Bertz CT molecular complexity index is 513. The summed E-state index contributed by atoms with van der Waals surface area (Å²) in [5.74, 6) is 0.235. The number of aryl methyl sites for hydroxylation is 1. The zero-order chi connectivity index (χ0) is 15.4. The molecule has 1 saturated heterocycles. The molecular formula is C14H23N5O2. The van der Waals surface area contributed by atoms with Crippen LogP contribution >= 0.6 is 0 Å². The molecule has 2 rings (SSSR count). The lowest BCUT2D eigenvalue weighted by Gasteiger charge is -2.23. The van der Waals surface area contributed by atoms with Crippen molar-refractivity contribution >= 4 is 11.8 Å². The molecule has 1 aliphatic rings. The van der Waals surface area contributed by atoms with Crippen molar-refractivity contribution in [1.29, 1.82) is 0 Å². The van der Waals surface area contributed by atoms with E-state index in [1.807, 2.05) is 29.6 Å². The lowest BCUT2D eigenvalue weighted by atomic mass is 10.1. The van der Waals surface area contributed by atoms with Gasteiger partial charge in [-0.15, -0.1) is 0 Å². The Balaban J connectivity index is 2.05. The summed E-state index contributed by atoms with van der Waals surface area (Å²) in [6.07, 6.45) is 4.30. The highest BCUT2D eigenvalue weighted by atomic mass is 16.2. The molecule has 116 valence electrons. The summed E-state index contributed by atoms with van der Waals surface area (Å²) in [6, 6.07) is 0. The maximum absolute atomic E-state index is 12.5. The first-order valence-electron chi connectivity index (χ1n) is 7.27. The predicted octanol–water partition coefficient (Wildman–Crippen LogP) is -0.679. The van der Waals surface area contributed by atoms with Gasteiger partial charge in [-0.1, -0.05) is 6.92 Å². The monoisotopic (exact) mass is 293 g/mol. The minimum absolute atomic E-state index is 0.00394. The lowest BCUT2D eigenvalue weighted by Crippen LogP contribution is -2.41. The minimum atomic E-state index is -0.349. The van der Waals surface area contributed by atoms with Crippen LogP contribution in [0.5, 0.6) is 0 Å². The van der Waals surface area contributed by atoms with Crippen molar-refractivity contribution in [3.63, 3.8) is 0 Å². The molecule has 0 bridgehead atoms. The zero-order valence-electron chi connectivity index (χ0n) is 12.7. The molecule has 0 saturated carbocycles. The highest BCUT2D eigenvalue weighted by Crippen LogP contribution is 2.10. The minimum Gasteiger partial charge on any atom is -0.369 e. The van der Waals surface area contributed by atoms with Gasteiger partial charge in [0.1, 0.15) is 12.4 Å². The first kappa shape index (κ1) is 15.5. The van der Waals surface area contributed by atoms with Gasteiger partial charge in [-0.3, -0.25) is 9.59 Å². The molecule has 0 radical (unpaired) electrons. The van der Waals surface area contributed by atoms with Crippen molar-refractivity contribution < 1.29 is 9.59 Å². The SMILES string of the molecule is CCc1nccn1CC(=O)N1CCN(C)CC(C(N)=O)C1. The van der Waals surface area contributed by atoms with Gasteiger partial charge >= 0.3 is 0 Å². The van der Waals surface area contributed by atoms with Crippen LogP contribution in [0.4, 0.5) is 0 Å². The Hall–Kier alpha value is -1.89. The number of imidazole rings is 1. The summed E-state index contributed by atoms with van der Waals surface area (Å²) in [6.45, 7) is 4.64. The number of aromatic nitrogens is 2. The summed E-state index contributed by atoms with van der Waals surface area (Å²) in [7, 11) is 1.94. The third-order valence-electron chi connectivity index (χ3n) is 3.90. The van der Waals surface area contributed by atoms with Gasteiger partial charge in [-0.25, -0.2) is 4.98 Å². The van der Waals surface area contributed by atoms with Gasteiger partial charge in [0.25, 0.3) is 0 Å². The summed E-state index contributed by atoms with van der Waals surface area (Å²) in [5, 5.41) is 0. The van der Waals surface area contributed by atoms with Crippen molar-refractivity contribution in [3.8, 4) is 0 Å². The fourth-order valence-electron chi connectivity index (χ4n) is 2.62. The van der Waals surface area contributed by atoms with Crippen molar-refractivity contribution in [3.05, 3.63) is 18.2 Å². The third kappa shape index (κ3) is 3.81. The summed E-state index contributed by atoms with van der Waals surface area (Å²) >= 11 is 0. The number of hydrogen-bond donors (Lipinski definition) is 1. The standard InChI is InChI=1S/C14H23N5O2/c1-3-12-16-4-5-18(12)10-13(20)19-7-6-17(2)8-11(9-19)14(15)21/h4-5,11H,3,6-10H2,1-2H3,(H2,15,21). The van der Waals surface area contributed by atoms with Crippen LogP contribution in [-0.2, 0) is 22.6 Å². The van der Waals surface area contributed by atoms with E-state index in [9.17, 15) is 9.59 Å². The van der Waals surface area contributed by atoms with E-state index in [0.717, 1.165) is 18.8 Å².